The molecular weight excluding hydrogens is 937 g/mol. The van der Waals surface area contributed by atoms with E-state index < -0.39 is 0 Å². The van der Waals surface area contributed by atoms with Gasteiger partial charge in [-0.25, -0.2) is 4.98 Å². The molecule has 0 saturated heterocycles. The number of nitrogens with zero attached hydrogens (tertiary/aromatic N) is 4. The van der Waals surface area contributed by atoms with Crippen LogP contribution in [-0.4, -0.2) is 14.1 Å². The average Bonchev–Trinajstić information content (AvgIpc) is 4.26. The summed E-state index contributed by atoms with van der Waals surface area (Å²) in [6.07, 6.45) is 8.33. The quantitative estimate of drug-likeness (QED) is 0.123. The highest BCUT2D eigenvalue weighted by Crippen LogP contribution is 2.50. The molecular formula is C72H60N4O. The first-order chi connectivity index (χ1) is 37.3. The smallest absolute Gasteiger partial charge is 0.269 e. The minimum Gasteiger partial charge on any atom is -0.458 e. The molecule has 4 heterocycles. The molecule has 2 aliphatic rings. The van der Waals surface area contributed by atoms with E-state index in [0.717, 1.165) is 96.8 Å². The number of para-hydroxylation sites is 2. The van der Waals surface area contributed by atoms with Crippen molar-refractivity contribution in [1.29, 1.82) is 0 Å². The lowest BCUT2D eigenvalue weighted by Gasteiger charge is -2.42. The van der Waals surface area contributed by atoms with Crippen LogP contribution in [0.1, 0.15) is 78.0 Å². The van der Waals surface area contributed by atoms with Gasteiger partial charge < -0.3 is 4.74 Å². The predicted molar refractivity (Wildman–Crippen MR) is 317 cm³/mol. The van der Waals surface area contributed by atoms with E-state index in [1.165, 1.54) is 49.9 Å². The van der Waals surface area contributed by atoms with Gasteiger partial charge in [-0.2, -0.15) is 0 Å². The first kappa shape index (κ1) is 46.7. The van der Waals surface area contributed by atoms with Crippen LogP contribution in [0.15, 0.2) is 212 Å². The monoisotopic (exact) mass is 996 g/mol. The summed E-state index contributed by atoms with van der Waals surface area (Å²) in [5.74, 6) is 2.35. The summed E-state index contributed by atoms with van der Waals surface area (Å²) in [5, 5.41) is 2.32. The molecule has 374 valence electrons. The zero-order valence-corrected chi connectivity index (χ0v) is 44.8. The number of hydrogen-bond donors (Lipinski definition) is 0. The van der Waals surface area contributed by atoms with E-state index in [4.69, 9.17) is 9.72 Å². The normalized spacial score (nSPS) is 14.3. The highest BCUT2D eigenvalue weighted by molar-refractivity contribution is 6.10. The number of benzene rings is 9. The van der Waals surface area contributed by atoms with Gasteiger partial charge in [0.05, 0.1) is 33.4 Å². The van der Waals surface area contributed by atoms with Crippen molar-refractivity contribution in [3.05, 3.63) is 235 Å². The van der Waals surface area contributed by atoms with E-state index in [0.29, 0.717) is 0 Å². The summed E-state index contributed by atoms with van der Waals surface area (Å²) < 4.78 is 14.0. The maximum Gasteiger partial charge on any atom is 0.269 e. The van der Waals surface area contributed by atoms with Gasteiger partial charge in [-0.1, -0.05) is 200 Å². The van der Waals surface area contributed by atoms with Crippen molar-refractivity contribution in [2.75, 3.05) is 0 Å². The summed E-state index contributed by atoms with van der Waals surface area (Å²) in [5.41, 5.74) is 22.1. The standard InChI is InChI=1S/C72H60N4O/c1-70(2,3)48-37-40-73-66(42-48)76-64-30-16-15-27-58(64)59-33-32-51(44-65(59)76)77-50-22-17-21-49(43-50)74-45-75-67-52(46-19-9-8-10-20-46)28-18-29-60(67)56-25-13-11-23-54(56)55-24-12-14-26-57(55)61-35-34-53(68(74)69(61)75)47-31-36-62-63(41-47)72(6,7)39-38-71(62,4)5/h8-37,40-44H,38-39H2,1-7H3. The second-order valence-electron chi connectivity index (χ2n) is 23.6. The zero-order valence-electron chi connectivity index (χ0n) is 44.8. The SMILES string of the molecule is CC(C)(C)c1ccnc(-n2c3ccccc3c3ccc(Oc4cccc(-n5[c-][n+]6c7c(ccc(-c8ccc9c(c8)C(C)(C)CCC9(C)C)c75)-c5ccccc5-c5ccccc5-c5cccc(-c7ccccc7)c5-6)c4)cc32)c1. The molecule has 0 amide bonds. The maximum absolute atomic E-state index is 7.02. The van der Waals surface area contributed by atoms with Gasteiger partial charge in [0.15, 0.2) is 0 Å². The lowest BCUT2D eigenvalue weighted by Crippen LogP contribution is -2.33. The summed E-state index contributed by atoms with van der Waals surface area (Å²) in [7, 11) is 0. The lowest BCUT2D eigenvalue weighted by atomic mass is 9.63. The van der Waals surface area contributed by atoms with Crippen molar-refractivity contribution in [2.24, 2.45) is 0 Å². The molecule has 5 heteroatoms. The number of fused-ring (bicyclic) bond motifs is 11. The molecule has 14 rings (SSSR count). The molecule has 12 aromatic rings. The van der Waals surface area contributed by atoms with Crippen molar-refractivity contribution in [1.82, 2.24) is 14.1 Å². The summed E-state index contributed by atoms with van der Waals surface area (Å²) >= 11 is 0. The number of hydrogen-bond acceptors (Lipinski definition) is 2. The van der Waals surface area contributed by atoms with E-state index in [-0.39, 0.29) is 16.2 Å². The third-order valence-corrected chi connectivity index (χ3v) is 16.8. The highest BCUT2D eigenvalue weighted by atomic mass is 16.5. The van der Waals surface area contributed by atoms with Crippen molar-refractivity contribution in [2.45, 2.75) is 77.6 Å². The van der Waals surface area contributed by atoms with Gasteiger partial charge in [-0.05, 0) is 150 Å². The third-order valence-electron chi connectivity index (χ3n) is 16.8. The summed E-state index contributed by atoms with van der Waals surface area (Å²) in [6, 6.07) is 75.3. The molecule has 0 saturated carbocycles. The van der Waals surface area contributed by atoms with Gasteiger partial charge in [0.2, 0.25) is 0 Å². The molecule has 9 aromatic carbocycles. The van der Waals surface area contributed by atoms with Crippen molar-refractivity contribution in [3.63, 3.8) is 0 Å². The largest absolute Gasteiger partial charge is 0.458 e. The van der Waals surface area contributed by atoms with E-state index in [9.17, 15) is 0 Å². The minimum atomic E-state index is -0.0343. The molecule has 0 atom stereocenters. The van der Waals surface area contributed by atoms with Gasteiger partial charge in [0, 0.05) is 23.0 Å². The Morgan fingerprint density at radius 3 is 1.88 bits per heavy atom. The second kappa shape index (κ2) is 17.4. The van der Waals surface area contributed by atoms with Crippen LogP contribution >= 0.6 is 0 Å². The second-order valence-corrected chi connectivity index (χ2v) is 23.6. The Kier molecular flexibility index (Phi) is 10.5. The number of aromatic nitrogens is 4. The molecule has 0 N–H and O–H groups in total. The number of imidazole rings is 1. The van der Waals surface area contributed by atoms with E-state index >= 15 is 0 Å². The Balaban J connectivity index is 1.02. The van der Waals surface area contributed by atoms with Gasteiger partial charge in [-0.3, -0.25) is 13.7 Å². The molecule has 0 spiro atoms. The van der Waals surface area contributed by atoms with E-state index in [1.54, 1.807) is 0 Å². The molecule has 1 aliphatic heterocycles. The Morgan fingerprint density at radius 1 is 0.494 bits per heavy atom. The minimum absolute atomic E-state index is 0.0248. The first-order valence-electron chi connectivity index (χ1n) is 27.2. The van der Waals surface area contributed by atoms with Gasteiger partial charge in [0.25, 0.3) is 6.33 Å². The summed E-state index contributed by atoms with van der Waals surface area (Å²) in [6.45, 7) is 16.4. The molecule has 0 bridgehead atoms. The predicted octanol–water partition coefficient (Wildman–Crippen LogP) is 18.3. The van der Waals surface area contributed by atoms with Crippen LogP contribution < -0.4 is 9.30 Å². The molecule has 5 nitrogen and oxygen atoms in total. The zero-order chi connectivity index (χ0) is 52.4. The van der Waals surface area contributed by atoms with Crippen molar-refractivity contribution < 1.29 is 9.30 Å². The molecule has 0 fully saturated rings. The van der Waals surface area contributed by atoms with Crippen LogP contribution in [0.2, 0.25) is 0 Å². The fourth-order valence-corrected chi connectivity index (χ4v) is 12.6. The van der Waals surface area contributed by atoms with Crippen LogP contribution in [0.4, 0.5) is 0 Å². The van der Waals surface area contributed by atoms with E-state index in [1.807, 2.05) is 6.20 Å². The third kappa shape index (κ3) is 7.57. The molecule has 0 radical (unpaired) electrons. The molecule has 1 aliphatic carbocycles. The molecule has 77 heavy (non-hydrogen) atoms. The lowest BCUT2D eigenvalue weighted by molar-refractivity contribution is -0.570. The van der Waals surface area contributed by atoms with Gasteiger partial charge in [-0.15, -0.1) is 0 Å². The fourth-order valence-electron chi connectivity index (χ4n) is 12.6. The fraction of sp³-hybridized carbons (Fsp3) is 0.167. The van der Waals surface area contributed by atoms with Crippen LogP contribution in [0.3, 0.4) is 0 Å². The summed E-state index contributed by atoms with van der Waals surface area (Å²) in [4.78, 5) is 4.95. The maximum atomic E-state index is 7.02. The Labute approximate surface area is 451 Å². The van der Waals surface area contributed by atoms with Crippen LogP contribution in [0.25, 0.3) is 106 Å². The molecule has 3 aromatic heterocycles. The Bertz CT molecular complexity index is 4350. The Hall–Kier alpha value is -8.80. The van der Waals surface area contributed by atoms with Gasteiger partial charge in [0.1, 0.15) is 17.3 Å². The topological polar surface area (TPSA) is 35.9 Å². The highest BCUT2D eigenvalue weighted by Gasteiger charge is 2.37. The van der Waals surface area contributed by atoms with Crippen molar-refractivity contribution >= 4 is 32.8 Å². The van der Waals surface area contributed by atoms with Crippen LogP contribution in [0.5, 0.6) is 11.5 Å². The van der Waals surface area contributed by atoms with Gasteiger partial charge >= 0.3 is 0 Å². The first-order valence-corrected chi connectivity index (χ1v) is 27.2. The number of pyridine rings is 1. The van der Waals surface area contributed by atoms with Crippen LogP contribution in [-0.2, 0) is 16.2 Å². The number of rotatable bonds is 6. The van der Waals surface area contributed by atoms with Crippen molar-refractivity contribution in [3.8, 4) is 84.3 Å². The molecule has 0 unspecified atom stereocenters. The average molecular weight is 997 g/mol. The number of ether oxygens (including phenoxy) is 1. The van der Waals surface area contributed by atoms with E-state index in [2.05, 4.69) is 275 Å². The Morgan fingerprint density at radius 2 is 1.12 bits per heavy atom. The van der Waals surface area contributed by atoms with Crippen LogP contribution in [0, 0.1) is 6.33 Å².